The summed E-state index contributed by atoms with van der Waals surface area (Å²) in [6.07, 6.45) is 1.61. The number of carbonyl (C=O) groups is 2. The zero-order valence-corrected chi connectivity index (χ0v) is 16.1. The van der Waals surface area contributed by atoms with Crippen molar-refractivity contribution in [1.29, 1.82) is 0 Å². The van der Waals surface area contributed by atoms with E-state index in [0.29, 0.717) is 13.1 Å². The number of carbonyl (C=O) groups excluding carboxylic acids is 2. The molecule has 0 atom stereocenters. The summed E-state index contributed by atoms with van der Waals surface area (Å²) in [7, 11) is -3.71. The molecule has 8 nitrogen and oxygen atoms in total. The molecular weight excluding hydrogens is 394 g/mol. The quantitative estimate of drug-likeness (QED) is 0.749. The Bertz CT molecular complexity index is 980. The first-order chi connectivity index (χ1) is 12.8. The van der Waals surface area contributed by atoms with Crippen LogP contribution < -0.4 is 10.9 Å². The summed E-state index contributed by atoms with van der Waals surface area (Å²) < 4.78 is 31.9. The molecule has 0 bridgehead atoms. The molecule has 1 fully saturated rings. The van der Waals surface area contributed by atoms with Gasteiger partial charge >= 0.3 is 5.91 Å². The Morgan fingerprint density at radius 2 is 1.74 bits per heavy atom. The van der Waals surface area contributed by atoms with Crippen molar-refractivity contribution in [3.8, 4) is 0 Å². The molecule has 3 rings (SSSR count). The summed E-state index contributed by atoms with van der Waals surface area (Å²) >= 11 is 5.92. The Kier molecular flexibility index (Phi) is 5.54. The van der Waals surface area contributed by atoms with Crippen molar-refractivity contribution in [2.75, 3.05) is 13.1 Å². The molecule has 1 saturated heterocycles. The lowest BCUT2D eigenvalue weighted by Crippen LogP contribution is -2.41. The van der Waals surface area contributed by atoms with Crippen LogP contribution >= 0.6 is 11.6 Å². The van der Waals surface area contributed by atoms with Crippen LogP contribution in [0.1, 0.15) is 39.5 Å². The number of rotatable bonds is 4. The van der Waals surface area contributed by atoms with Crippen LogP contribution in [0.15, 0.2) is 39.6 Å². The van der Waals surface area contributed by atoms with Gasteiger partial charge < -0.3 is 4.42 Å². The van der Waals surface area contributed by atoms with Crippen molar-refractivity contribution in [3.05, 3.63) is 52.4 Å². The number of hydrazine groups is 1. The molecule has 0 unspecified atom stereocenters. The summed E-state index contributed by atoms with van der Waals surface area (Å²) in [4.78, 5) is 24.2. The van der Waals surface area contributed by atoms with E-state index in [2.05, 4.69) is 10.9 Å². The fourth-order valence-corrected chi connectivity index (χ4v) is 4.69. The number of halogens is 1. The van der Waals surface area contributed by atoms with Crippen molar-refractivity contribution in [2.24, 2.45) is 0 Å². The number of hydrogen-bond donors (Lipinski definition) is 2. The molecule has 1 aromatic heterocycles. The van der Waals surface area contributed by atoms with E-state index in [1.54, 1.807) is 18.2 Å². The average molecular weight is 412 g/mol. The predicted octanol–water partition coefficient (Wildman–Crippen LogP) is 2.10. The maximum Gasteiger partial charge on any atom is 0.305 e. The molecule has 1 aliphatic heterocycles. The van der Waals surface area contributed by atoms with Gasteiger partial charge in [0.25, 0.3) is 5.91 Å². The summed E-state index contributed by atoms with van der Waals surface area (Å²) in [5, 5.41) is 0.233. The average Bonchev–Trinajstić information content (AvgIpc) is 3.30. The maximum absolute atomic E-state index is 12.6. The Balaban J connectivity index is 1.71. The first-order valence-corrected chi connectivity index (χ1v) is 10.1. The van der Waals surface area contributed by atoms with Crippen LogP contribution in [0.5, 0.6) is 0 Å². The van der Waals surface area contributed by atoms with Crippen molar-refractivity contribution >= 4 is 33.4 Å². The normalized spacial score (nSPS) is 14.9. The predicted molar refractivity (Wildman–Crippen MR) is 97.8 cm³/mol. The number of benzene rings is 1. The van der Waals surface area contributed by atoms with Gasteiger partial charge in [0.15, 0.2) is 5.76 Å². The van der Waals surface area contributed by atoms with Crippen LogP contribution in [0.3, 0.4) is 0 Å². The van der Waals surface area contributed by atoms with E-state index < -0.39 is 21.8 Å². The highest BCUT2D eigenvalue weighted by Gasteiger charge is 2.31. The molecule has 2 aromatic rings. The van der Waals surface area contributed by atoms with Crippen LogP contribution in [-0.2, 0) is 10.0 Å². The van der Waals surface area contributed by atoms with E-state index in [1.807, 2.05) is 0 Å². The molecule has 0 saturated carbocycles. The third kappa shape index (κ3) is 4.00. The molecule has 2 N–H and O–H groups in total. The molecule has 0 spiro atoms. The van der Waals surface area contributed by atoms with E-state index in [9.17, 15) is 18.0 Å². The van der Waals surface area contributed by atoms with E-state index in [0.717, 1.165) is 12.8 Å². The maximum atomic E-state index is 12.6. The van der Waals surface area contributed by atoms with Gasteiger partial charge in [0.2, 0.25) is 10.0 Å². The molecule has 144 valence electrons. The first-order valence-electron chi connectivity index (χ1n) is 8.26. The van der Waals surface area contributed by atoms with Gasteiger partial charge in [-0.05, 0) is 31.9 Å². The third-order valence-corrected chi connectivity index (χ3v) is 6.52. The minimum atomic E-state index is -3.71. The number of amides is 2. The topological polar surface area (TPSA) is 109 Å². The van der Waals surface area contributed by atoms with Crippen LogP contribution in [0, 0.1) is 6.92 Å². The second-order valence-electron chi connectivity index (χ2n) is 6.03. The first kappa shape index (κ1) is 19.4. The minimum Gasteiger partial charge on any atom is -0.455 e. The van der Waals surface area contributed by atoms with Gasteiger partial charge in [0.1, 0.15) is 10.7 Å². The van der Waals surface area contributed by atoms with Gasteiger partial charge in [-0.15, -0.1) is 0 Å². The zero-order chi connectivity index (χ0) is 19.6. The number of aryl methyl sites for hydroxylation is 1. The fraction of sp³-hybridized carbons (Fsp3) is 0.294. The van der Waals surface area contributed by atoms with Gasteiger partial charge in [0.05, 0.1) is 10.6 Å². The van der Waals surface area contributed by atoms with Crippen molar-refractivity contribution in [2.45, 2.75) is 24.7 Å². The number of hydrogen-bond acceptors (Lipinski definition) is 5. The number of nitrogens with one attached hydrogen (secondary N) is 2. The van der Waals surface area contributed by atoms with Gasteiger partial charge in [-0.1, -0.05) is 23.7 Å². The smallest absolute Gasteiger partial charge is 0.305 e. The number of furan rings is 1. The van der Waals surface area contributed by atoms with Crippen molar-refractivity contribution in [1.82, 2.24) is 15.2 Å². The zero-order valence-electron chi connectivity index (χ0n) is 14.5. The Morgan fingerprint density at radius 3 is 2.41 bits per heavy atom. The molecule has 27 heavy (non-hydrogen) atoms. The van der Waals surface area contributed by atoms with E-state index in [4.69, 9.17) is 16.0 Å². The number of sulfonamides is 1. The van der Waals surface area contributed by atoms with Crippen LogP contribution in [-0.4, -0.2) is 37.6 Å². The van der Waals surface area contributed by atoms with Crippen molar-refractivity contribution in [3.63, 3.8) is 0 Å². The van der Waals surface area contributed by atoms with Gasteiger partial charge in [-0.2, -0.15) is 4.31 Å². The highest BCUT2D eigenvalue weighted by molar-refractivity contribution is 7.89. The molecular formula is C17H18ClN3O5S. The monoisotopic (exact) mass is 411 g/mol. The summed E-state index contributed by atoms with van der Waals surface area (Å²) in [6, 6.07) is 7.52. The Labute approximate surface area is 161 Å². The molecule has 2 heterocycles. The van der Waals surface area contributed by atoms with Gasteiger partial charge in [0, 0.05) is 19.2 Å². The standard InChI is InChI=1S/C17H18ClN3O5S/c1-11-15(27(24,25)21-8-4-5-9-21)10-14(26-11)17(23)20-19-16(22)12-6-2-3-7-13(12)18/h2-3,6-7,10H,4-5,8-9H2,1H3,(H,19,22)(H,20,23). The lowest BCUT2D eigenvalue weighted by Gasteiger charge is -2.14. The third-order valence-electron chi connectivity index (χ3n) is 4.19. The SMILES string of the molecule is Cc1oc(C(=O)NNC(=O)c2ccccc2Cl)cc1S(=O)(=O)N1CCCC1. The largest absolute Gasteiger partial charge is 0.455 e. The summed E-state index contributed by atoms with van der Waals surface area (Å²) in [5.41, 5.74) is 4.59. The highest BCUT2D eigenvalue weighted by atomic mass is 35.5. The second kappa shape index (κ2) is 7.71. The molecule has 1 aliphatic rings. The lowest BCUT2D eigenvalue weighted by atomic mass is 10.2. The molecule has 0 aliphatic carbocycles. The summed E-state index contributed by atoms with van der Waals surface area (Å²) in [6.45, 7) is 2.37. The number of nitrogens with zero attached hydrogens (tertiary/aromatic N) is 1. The van der Waals surface area contributed by atoms with E-state index in [-0.39, 0.29) is 27.0 Å². The molecule has 0 radical (unpaired) electrons. The van der Waals surface area contributed by atoms with Crippen molar-refractivity contribution < 1.29 is 22.4 Å². The van der Waals surface area contributed by atoms with Crippen LogP contribution in [0.4, 0.5) is 0 Å². The summed E-state index contributed by atoms with van der Waals surface area (Å²) in [5.74, 6) is -1.49. The van der Waals surface area contributed by atoms with Crippen LogP contribution in [0.25, 0.3) is 0 Å². The lowest BCUT2D eigenvalue weighted by molar-refractivity contribution is 0.0830. The van der Waals surface area contributed by atoms with Gasteiger partial charge in [-0.3, -0.25) is 20.4 Å². The molecule has 1 aromatic carbocycles. The minimum absolute atomic E-state index is 0.0491. The second-order valence-corrected chi connectivity index (χ2v) is 8.34. The molecule has 10 heteroatoms. The van der Waals surface area contributed by atoms with E-state index >= 15 is 0 Å². The Hall–Kier alpha value is -2.36. The molecule has 2 amide bonds. The van der Waals surface area contributed by atoms with Gasteiger partial charge in [-0.25, -0.2) is 8.42 Å². The van der Waals surface area contributed by atoms with E-state index in [1.165, 1.54) is 23.4 Å². The van der Waals surface area contributed by atoms with Crippen LogP contribution in [0.2, 0.25) is 5.02 Å². The Morgan fingerprint density at radius 1 is 1.11 bits per heavy atom. The highest BCUT2D eigenvalue weighted by Crippen LogP contribution is 2.26. The fourth-order valence-electron chi connectivity index (χ4n) is 2.79.